The zero-order chi connectivity index (χ0) is 12.7. The van der Waals surface area contributed by atoms with E-state index in [1.807, 2.05) is 13.0 Å². The molecule has 0 heterocycles. The minimum atomic E-state index is 0.00560. The molecule has 1 aromatic rings. The Morgan fingerprint density at radius 1 is 1.41 bits per heavy atom. The standard InChI is InChI=1S/C13H19NO3/c1-3-14(8-9-17-2)13(16)10-11-6-4-5-7-12(11)15/h4-7,15H,3,8-10H2,1-2H3. The molecule has 94 valence electrons. The molecule has 1 aromatic carbocycles. The van der Waals surface area contributed by atoms with E-state index < -0.39 is 0 Å². The number of hydrogen-bond donors (Lipinski definition) is 1. The monoisotopic (exact) mass is 237 g/mol. The lowest BCUT2D eigenvalue weighted by atomic mass is 10.1. The van der Waals surface area contributed by atoms with Crippen molar-refractivity contribution in [3.8, 4) is 5.75 Å². The summed E-state index contributed by atoms with van der Waals surface area (Å²) in [5, 5.41) is 9.59. The maximum absolute atomic E-state index is 12.0. The summed E-state index contributed by atoms with van der Waals surface area (Å²) < 4.78 is 4.95. The van der Waals surface area contributed by atoms with Crippen LogP contribution in [0.15, 0.2) is 24.3 Å². The predicted molar refractivity (Wildman–Crippen MR) is 65.9 cm³/mol. The molecule has 0 aliphatic heterocycles. The number of rotatable bonds is 6. The first kappa shape index (κ1) is 13.5. The number of amides is 1. The molecule has 1 N–H and O–H groups in total. The molecule has 0 spiro atoms. The highest BCUT2D eigenvalue weighted by Crippen LogP contribution is 2.16. The van der Waals surface area contributed by atoms with E-state index in [-0.39, 0.29) is 18.1 Å². The van der Waals surface area contributed by atoms with Crippen molar-refractivity contribution in [2.45, 2.75) is 13.3 Å². The molecule has 0 unspecified atom stereocenters. The minimum absolute atomic E-state index is 0.00560. The van der Waals surface area contributed by atoms with Crippen molar-refractivity contribution in [1.29, 1.82) is 0 Å². The zero-order valence-electron chi connectivity index (χ0n) is 10.3. The van der Waals surface area contributed by atoms with Gasteiger partial charge in [-0.05, 0) is 13.0 Å². The van der Waals surface area contributed by atoms with Gasteiger partial charge in [-0.2, -0.15) is 0 Å². The second kappa shape index (κ2) is 6.91. The van der Waals surface area contributed by atoms with Crippen LogP contribution in [0.25, 0.3) is 0 Å². The number of para-hydroxylation sites is 1. The molecule has 4 heteroatoms. The lowest BCUT2D eigenvalue weighted by Gasteiger charge is -2.20. The predicted octanol–water partition coefficient (Wildman–Crippen LogP) is 1.43. The number of carbonyl (C=O) groups is 1. The Balaban J connectivity index is 2.61. The highest BCUT2D eigenvalue weighted by atomic mass is 16.5. The van der Waals surface area contributed by atoms with Gasteiger partial charge in [0.1, 0.15) is 5.75 Å². The number of phenols is 1. The van der Waals surface area contributed by atoms with Gasteiger partial charge in [-0.3, -0.25) is 4.79 Å². The van der Waals surface area contributed by atoms with Crippen LogP contribution in [0.5, 0.6) is 5.75 Å². The van der Waals surface area contributed by atoms with Crippen LogP contribution in [0, 0.1) is 0 Å². The van der Waals surface area contributed by atoms with Crippen LogP contribution in [-0.2, 0) is 16.0 Å². The second-order valence-electron chi connectivity index (χ2n) is 3.77. The number of phenolic OH excluding ortho intramolecular Hbond substituents is 1. The highest BCUT2D eigenvalue weighted by molar-refractivity contribution is 5.79. The maximum Gasteiger partial charge on any atom is 0.227 e. The molecule has 0 aliphatic carbocycles. The molecular weight excluding hydrogens is 218 g/mol. The summed E-state index contributed by atoms with van der Waals surface area (Å²) in [6.45, 7) is 3.69. The summed E-state index contributed by atoms with van der Waals surface area (Å²) in [4.78, 5) is 13.7. The third-order valence-electron chi connectivity index (χ3n) is 2.63. The molecule has 0 bridgehead atoms. The van der Waals surface area contributed by atoms with Crippen molar-refractivity contribution >= 4 is 5.91 Å². The van der Waals surface area contributed by atoms with E-state index in [2.05, 4.69) is 0 Å². The Bertz CT molecular complexity index is 365. The Hall–Kier alpha value is -1.55. The highest BCUT2D eigenvalue weighted by Gasteiger charge is 2.13. The van der Waals surface area contributed by atoms with Gasteiger partial charge in [0.15, 0.2) is 0 Å². The Kier molecular flexibility index (Phi) is 5.49. The fourth-order valence-corrected chi connectivity index (χ4v) is 1.60. The molecule has 4 nitrogen and oxygen atoms in total. The largest absolute Gasteiger partial charge is 0.508 e. The quantitative estimate of drug-likeness (QED) is 0.814. The molecule has 1 amide bonds. The number of benzene rings is 1. The minimum Gasteiger partial charge on any atom is -0.508 e. The average molecular weight is 237 g/mol. The van der Waals surface area contributed by atoms with Crippen LogP contribution in [0.3, 0.4) is 0 Å². The van der Waals surface area contributed by atoms with Gasteiger partial charge in [-0.15, -0.1) is 0 Å². The normalized spacial score (nSPS) is 10.2. The molecule has 1 rings (SSSR count). The number of carbonyl (C=O) groups excluding carboxylic acids is 1. The first-order valence-electron chi connectivity index (χ1n) is 5.72. The number of hydrogen-bond acceptors (Lipinski definition) is 3. The molecule has 0 aromatic heterocycles. The lowest BCUT2D eigenvalue weighted by Crippen LogP contribution is -2.34. The van der Waals surface area contributed by atoms with Gasteiger partial charge >= 0.3 is 0 Å². The van der Waals surface area contributed by atoms with Crippen molar-refractivity contribution < 1.29 is 14.6 Å². The van der Waals surface area contributed by atoms with E-state index >= 15 is 0 Å². The SMILES string of the molecule is CCN(CCOC)C(=O)Cc1ccccc1O. The van der Waals surface area contributed by atoms with E-state index in [0.717, 1.165) is 0 Å². The third kappa shape index (κ3) is 4.07. The van der Waals surface area contributed by atoms with E-state index in [1.54, 1.807) is 30.2 Å². The van der Waals surface area contributed by atoms with Crippen molar-refractivity contribution in [2.24, 2.45) is 0 Å². The summed E-state index contributed by atoms with van der Waals surface area (Å²) in [6, 6.07) is 6.91. The van der Waals surface area contributed by atoms with Crippen LogP contribution in [0.1, 0.15) is 12.5 Å². The number of nitrogens with zero attached hydrogens (tertiary/aromatic N) is 1. The van der Waals surface area contributed by atoms with Crippen molar-refractivity contribution in [2.75, 3.05) is 26.8 Å². The fourth-order valence-electron chi connectivity index (χ4n) is 1.60. The molecule has 0 saturated carbocycles. The van der Waals surface area contributed by atoms with Crippen LogP contribution in [-0.4, -0.2) is 42.7 Å². The Labute approximate surface area is 102 Å². The molecular formula is C13H19NO3. The fraction of sp³-hybridized carbons (Fsp3) is 0.462. The van der Waals surface area contributed by atoms with Gasteiger partial charge in [0, 0.05) is 25.8 Å². The van der Waals surface area contributed by atoms with Crippen LogP contribution in [0.2, 0.25) is 0 Å². The first-order chi connectivity index (χ1) is 8.19. The Morgan fingerprint density at radius 2 is 2.12 bits per heavy atom. The van der Waals surface area contributed by atoms with Gasteiger partial charge < -0.3 is 14.7 Å². The average Bonchev–Trinajstić information content (AvgIpc) is 2.33. The second-order valence-corrected chi connectivity index (χ2v) is 3.77. The van der Waals surface area contributed by atoms with Crippen molar-refractivity contribution in [3.63, 3.8) is 0 Å². The molecule has 0 saturated heterocycles. The van der Waals surface area contributed by atoms with E-state index in [1.165, 1.54) is 0 Å². The number of likely N-dealkylation sites (N-methyl/N-ethyl adjacent to an activating group) is 1. The Morgan fingerprint density at radius 3 is 2.71 bits per heavy atom. The van der Waals surface area contributed by atoms with E-state index in [9.17, 15) is 9.90 Å². The van der Waals surface area contributed by atoms with Gasteiger partial charge in [-0.25, -0.2) is 0 Å². The summed E-state index contributed by atoms with van der Waals surface area (Å²) in [5.41, 5.74) is 0.661. The van der Waals surface area contributed by atoms with Gasteiger partial charge in [0.05, 0.1) is 13.0 Å². The number of aromatic hydroxyl groups is 1. The molecule has 0 fully saturated rings. The van der Waals surface area contributed by atoms with Gasteiger partial charge in [0.25, 0.3) is 0 Å². The number of methoxy groups -OCH3 is 1. The topological polar surface area (TPSA) is 49.8 Å². The van der Waals surface area contributed by atoms with Gasteiger partial charge in [-0.1, -0.05) is 18.2 Å². The molecule has 0 radical (unpaired) electrons. The van der Waals surface area contributed by atoms with Crippen molar-refractivity contribution in [1.82, 2.24) is 4.90 Å². The van der Waals surface area contributed by atoms with Crippen LogP contribution >= 0.6 is 0 Å². The van der Waals surface area contributed by atoms with Crippen LogP contribution < -0.4 is 0 Å². The van der Waals surface area contributed by atoms with E-state index in [4.69, 9.17) is 4.74 Å². The maximum atomic E-state index is 12.0. The smallest absolute Gasteiger partial charge is 0.227 e. The molecule has 17 heavy (non-hydrogen) atoms. The zero-order valence-corrected chi connectivity index (χ0v) is 10.3. The third-order valence-corrected chi connectivity index (χ3v) is 2.63. The summed E-state index contributed by atoms with van der Waals surface area (Å²) in [6.07, 6.45) is 0.226. The van der Waals surface area contributed by atoms with Crippen LogP contribution in [0.4, 0.5) is 0 Å². The first-order valence-corrected chi connectivity index (χ1v) is 5.72. The van der Waals surface area contributed by atoms with Gasteiger partial charge in [0.2, 0.25) is 5.91 Å². The number of ether oxygens (including phenoxy) is 1. The van der Waals surface area contributed by atoms with E-state index in [0.29, 0.717) is 25.3 Å². The summed E-state index contributed by atoms with van der Waals surface area (Å²) >= 11 is 0. The summed E-state index contributed by atoms with van der Waals surface area (Å²) in [7, 11) is 1.61. The molecule has 0 atom stereocenters. The van der Waals surface area contributed by atoms with Crippen molar-refractivity contribution in [3.05, 3.63) is 29.8 Å². The molecule has 0 aliphatic rings. The lowest BCUT2D eigenvalue weighted by molar-refractivity contribution is -0.130. The summed E-state index contributed by atoms with van der Waals surface area (Å²) in [5.74, 6) is 0.176.